The lowest BCUT2D eigenvalue weighted by molar-refractivity contribution is 0.0558. The molecule has 0 N–H and O–H groups in total. The van der Waals surface area contributed by atoms with Crippen molar-refractivity contribution in [1.29, 1.82) is 0 Å². The fourth-order valence-electron chi connectivity index (χ4n) is 4.36. The molecule has 2 aliphatic rings. The van der Waals surface area contributed by atoms with Crippen molar-refractivity contribution in [3.05, 3.63) is 101 Å². The minimum absolute atomic E-state index is 0.324. The summed E-state index contributed by atoms with van der Waals surface area (Å²) in [6.07, 6.45) is 3.28. The van der Waals surface area contributed by atoms with Gasteiger partial charge in [0.1, 0.15) is 0 Å². The first-order chi connectivity index (χ1) is 12.8. The number of fused-ring (bicyclic) bond motifs is 3. The maximum Gasteiger partial charge on any atom is 0.166 e. The van der Waals surface area contributed by atoms with Gasteiger partial charge in [0, 0.05) is 17.0 Å². The SMILES string of the molecule is COc1cccc2c1O[C@]1(c3ccccc3)/C(=C/c3ccccc3)C[C@H]21. The predicted molar refractivity (Wildman–Crippen MR) is 104 cm³/mol. The summed E-state index contributed by atoms with van der Waals surface area (Å²) in [7, 11) is 1.70. The van der Waals surface area contributed by atoms with E-state index < -0.39 is 5.60 Å². The molecule has 0 radical (unpaired) electrons. The molecule has 2 heteroatoms. The standard InChI is InChI=1S/C24H20O2/c1-25-22-14-8-13-20-21-16-19(15-17-9-4-2-5-10-17)24(21,26-23(20)22)18-11-6-3-7-12-18/h2-15,21H,16H2,1H3/b19-15+/t21-,24-/m1/s1. The maximum absolute atomic E-state index is 6.69. The Morgan fingerprint density at radius 3 is 2.38 bits per heavy atom. The molecular weight excluding hydrogens is 320 g/mol. The molecule has 0 unspecified atom stereocenters. The molecule has 3 aromatic rings. The molecule has 128 valence electrons. The predicted octanol–water partition coefficient (Wildman–Crippen LogP) is 5.55. The number of methoxy groups -OCH3 is 1. The number of ether oxygens (including phenoxy) is 2. The van der Waals surface area contributed by atoms with Gasteiger partial charge >= 0.3 is 0 Å². The smallest absolute Gasteiger partial charge is 0.166 e. The van der Waals surface area contributed by atoms with Crippen LogP contribution in [-0.4, -0.2) is 7.11 Å². The van der Waals surface area contributed by atoms with Gasteiger partial charge in [-0.05, 0) is 23.6 Å². The topological polar surface area (TPSA) is 18.5 Å². The van der Waals surface area contributed by atoms with Gasteiger partial charge in [0.15, 0.2) is 17.1 Å². The van der Waals surface area contributed by atoms with Crippen molar-refractivity contribution in [3.8, 4) is 11.5 Å². The van der Waals surface area contributed by atoms with E-state index in [1.54, 1.807) is 7.11 Å². The lowest BCUT2D eigenvalue weighted by atomic mass is 9.60. The van der Waals surface area contributed by atoms with E-state index in [0.717, 1.165) is 17.9 Å². The van der Waals surface area contributed by atoms with Crippen LogP contribution in [0.1, 0.15) is 29.0 Å². The van der Waals surface area contributed by atoms with E-state index in [9.17, 15) is 0 Å². The lowest BCUT2D eigenvalue weighted by Crippen LogP contribution is -2.46. The van der Waals surface area contributed by atoms with Gasteiger partial charge in [-0.3, -0.25) is 0 Å². The van der Waals surface area contributed by atoms with Gasteiger partial charge in [0.2, 0.25) is 0 Å². The summed E-state index contributed by atoms with van der Waals surface area (Å²) in [5.74, 6) is 2.02. The molecule has 5 rings (SSSR count). The largest absolute Gasteiger partial charge is 0.493 e. The Morgan fingerprint density at radius 2 is 1.65 bits per heavy atom. The van der Waals surface area contributed by atoms with E-state index in [0.29, 0.717) is 5.92 Å². The van der Waals surface area contributed by atoms with Gasteiger partial charge in [-0.2, -0.15) is 0 Å². The quantitative estimate of drug-likeness (QED) is 0.622. The van der Waals surface area contributed by atoms with Crippen molar-refractivity contribution in [2.75, 3.05) is 7.11 Å². The molecule has 1 saturated carbocycles. The molecule has 1 heterocycles. The highest BCUT2D eigenvalue weighted by Crippen LogP contribution is 2.66. The van der Waals surface area contributed by atoms with E-state index in [1.165, 1.54) is 22.3 Å². The Morgan fingerprint density at radius 1 is 0.923 bits per heavy atom. The first-order valence-electron chi connectivity index (χ1n) is 9.00. The average molecular weight is 340 g/mol. The molecule has 2 atom stereocenters. The van der Waals surface area contributed by atoms with Gasteiger partial charge in [0.05, 0.1) is 7.11 Å². The summed E-state index contributed by atoms with van der Waals surface area (Å²) >= 11 is 0. The Hall–Kier alpha value is -3.00. The first-order valence-corrected chi connectivity index (χ1v) is 9.00. The zero-order valence-electron chi connectivity index (χ0n) is 14.7. The van der Waals surface area contributed by atoms with Crippen molar-refractivity contribution >= 4 is 6.08 Å². The molecule has 2 nitrogen and oxygen atoms in total. The van der Waals surface area contributed by atoms with Gasteiger partial charge in [-0.15, -0.1) is 0 Å². The summed E-state index contributed by atoms with van der Waals surface area (Å²) in [5.41, 5.74) is 4.56. The third-order valence-electron chi connectivity index (χ3n) is 5.60. The second-order valence-corrected chi connectivity index (χ2v) is 6.92. The van der Waals surface area contributed by atoms with Crippen LogP contribution in [0, 0.1) is 0 Å². The molecule has 0 amide bonds. The zero-order valence-corrected chi connectivity index (χ0v) is 14.7. The van der Waals surface area contributed by atoms with Crippen molar-refractivity contribution < 1.29 is 9.47 Å². The molecule has 26 heavy (non-hydrogen) atoms. The van der Waals surface area contributed by atoms with Crippen molar-refractivity contribution in [2.24, 2.45) is 0 Å². The second kappa shape index (κ2) is 5.77. The van der Waals surface area contributed by atoms with Crippen LogP contribution in [-0.2, 0) is 5.60 Å². The van der Waals surface area contributed by atoms with E-state index in [2.05, 4.69) is 72.8 Å². The van der Waals surface area contributed by atoms with Crippen LogP contribution in [0.15, 0.2) is 84.4 Å². The summed E-state index contributed by atoms with van der Waals surface area (Å²) in [5, 5.41) is 0. The first kappa shape index (κ1) is 15.3. The van der Waals surface area contributed by atoms with E-state index in [-0.39, 0.29) is 0 Å². The summed E-state index contributed by atoms with van der Waals surface area (Å²) in [4.78, 5) is 0. The van der Waals surface area contributed by atoms with Crippen molar-refractivity contribution in [1.82, 2.24) is 0 Å². The van der Waals surface area contributed by atoms with E-state index in [4.69, 9.17) is 9.47 Å². The normalized spacial score (nSPS) is 24.3. The number of rotatable bonds is 3. The second-order valence-electron chi connectivity index (χ2n) is 6.92. The summed E-state index contributed by atoms with van der Waals surface area (Å²) in [6.45, 7) is 0. The van der Waals surface area contributed by atoms with E-state index in [1.807, 2.05) is 12.1 Å². The fraction of sp³-hybridized carbons (Fsp3) is 0.167. The van der Waals surface area contributed by atoms with Gasteiger partial charge in [-0.1, -0.05) is 78.9 Å². The Kier molecular flexibility index (Phi) is 3.39. The third kappa shape index (κ3) is 2.05. The highest BCUT2D eigenvalue weighted by Gasteiger charge is 2.60. The minimum Gasteiger partial charge on any atom is -0.493 e. The van der Waals surface area contributed by atoms with Crippen LogP contribution in [0.4, 0.5) is 0 Å². The molecule has 1 aliphatic heterocycles. The van der Waals surface area contributed by atoms with Crippen LogP contribution in [0.2, 0.25) is 0 Å². The summed E-state index contributed by atoms with van der Waals surface area (Å²) < 4.78 is 12.3. The van der Waals surface area contributed by atoms with Gasteiger partial charge in [-0.25, -0.2) is 0 Å². The number of hydrogen-bond acceptors (Lipinski definition) is 2. The van der Waals surface area contributed by atoms with Gasteiger partial charge in [0.25, 0.3) is 0 Å². The molecule has 1 aliphatic carbocycles. The van der Waals surface area contributed by atoms with Crippen molar-refractivity contribution in [2.45, 2.75) is 17.9 Å². The molecule has 0 saturated heterocycles. The number of para-hydroxylation sites is 1. The van der Waals surface area contributed by atoms with Gasteiger partial charge < -0.3 is 9.47 Å². The molecule has 3 aromatic carbocycles. The Labute approximate surface area is 153 Å². The number of hydrogen-bond donors (Lipinski definition) is 0. The van der Waals surface area contributed by atoms with Crippen LogP contribution in [0.3, 0.4) is 0 Å². The van der Waals surface area contributed by atoms with E-state index >= 15 is 0 Å². The highest BCUT2D eigenvalue weighted by molar-refractivity contribution is 5.68. The molecule has 0 spiro atoms. The number of benzene rings is 3. The Balaban J connectivity index is 1.67. The minimum atomic E-state index is -0.423. The monoisotopic (exact) mass is 340 g/mol. The highest BCUT2D eigenvalue weighted by atomic mass is 16.5. The summed E-state index contributed by atoms with van der Waals surface area (Å²) in [6, 6.07) is 27.2. The molecule has 1 fully saturated rings. The zero-order chi connectivity index (χ0) is 17.6. The molecule has 0 bridgehead atoms. The third-order valence-corrected chi connectivity index (χ3v) is 5.60. The van der Waals surface area contributed by atoms with Crippen LogP contribution in [0.25, 0.3) is 6.08 Å². The Bertz CT molecular complexity index is 976. The average Bonchev–Trinajstić information content (AvgIpc) is 2.97. The molecule has 0 aromatic heterocycles. The maximum atomic E-state index is 6.69. The molecular formula is C24H20O2. The van der Waals surface area contributed by atoms with Crippen molar-refractivity contribution in [3.63, 3.8) is 0 Å². The fourth-order valence-corrected chi connectivity index (χ4v) is 4.36. The van der Waals surface area contributed by atoms with Crippen LogP contribution in [0.5, 0.6) is 11.5 Å². The lowest BCUT2D eigenvalue weighted by Gasteiger charge is -2.46. The van der Waals surface area contributed by atoms with Crippen LogP contribution < -0.4 is 9.47 Å². The van der Waals surface area contributed by atoms with Crippen LogP contribution >= 0.6 is 0 Å².